The summed E-state index contributed by atoms with van der Waals surface area (Å²) in [5.41, 5.74) is 4.94. The molecule has 1 aromatic heterocycles. The molecule has 0 N–H and O–H groups in total. The standard InChI is InChI=1S/C13H13BrN2O/c1-8-9(2)15-16(10(8)3)12-5-4-11(7-17)13(14)6-12/h4-7H,1-3H3. The monoisotopic (exact) mass is 292 g/mol. The second-order valence-corrected chi connectivity index (χ2v) is 4.89. The van der Waals surface area contributed by atoms with Gasteiger partial charge in [0.1, 0.15) is 0 Å². The van der Waals surface area contributed by atoms with Crippen molar-refractivity contribution in [1.82, 2.24) is 9.78 Å². The minimum atomic E-state index is 0.645. The van der Waals surface area contributed by atoms with Crippen LogP contribution < -0.4 is 0 Å². The van der Waals surface area contributed by atoms with Gasteiger partial charge in [0.2, 0.25) is 0 Å². The fourth-order valence-electron chi connectivity index (χ4n) is 1.72. The van der Waals surface area contributed by atoms with Gasteiger partial charge in [0.05, 0.1) is 11.4 Å². The Morgan fingerprint density at radius 3 is 2.47 bits per heavy atom. The van der Waals surface area contributed by atoms with Crippen LogP contribution >= 0.6 is 15.9 Å². The lowest BCUT2D eigenvalue weighted by molar-refractivity contribution is 0.112. The fourth-order valence-corrected chi connectivity index (χ4v) is 2.18. The van der Waals surface area contributed by atoms with E-state index in [1.165, 1.54) is 5.56 Å². The minimum Gasteiger partial charge on any atom is -0.298 e. The zero-order chi connectivity index (χ0) is 12.6. The van der Waals surface area contributed by atoms with E-state index < -0.39 is 0 Å². The van der Waals surface area contributed by atoms with Gasteiger partial charge in [0.25, 0.3) is 0 Å². The average molecular weight is 293 g/mol. The van der Waals surface area contributed by atoms with E-state index in [4.69, 9.17) is 0 Å². The maximum atomic E-state index is 10.7. The molecule has 0 aliphatic heterocycles. The number of hydrogen-bond donors (Lipinski definition) is 0. The van der Waals surface area contributed by atoms with Crippen molar-refractivity contribution in [2.24, 2.45) is 0 Å². The molecule has 0 saturated heterocycles. The van der Waals surface area contributed by atoms with Gasteiger partial charge >= 0.3 is 0 Å². The van der Waals surface area contributed by atoms with Crippen LogP contribution in [0.5, 0.6) is 0 Å². The van der Waals surface area contributed by atoms with Gasteiger partial charge in [-0.3, -0.25) is 4.79 Å². The summed E-state index contributed by atoms with van der Waals surface area (Å²) in [5, 5.41) is 4.48. The highest BCUT2D eigenvalue weighted by atomic mass is 79.9. The number of carbonyl (C=O) groups excluding carboxylic acids is 1. The molecule has 0 spiro atoms. The van der Waals surface area contributed by atoms with Gasteiger partial charge in [0, 0.05) is 15.7 Å². The number of rotatable bonds is 2. The molecule has 0 bridgehead atoms. The van der Waals surface area contributed by atoms with Crippen molar-refractivity contribution >= 4 is 22.2 Å². The topological polar surface area (TPSA) is 34.9 Å². The maximum Gasteiger partial charge on any atom is 0.151 e. The number of carbonyl (C=O) groups is 1. The number of aromatic nitrogens is 2. The molecular formula is C13H13BrN2O. The molecule has 4 heteroatoms. The van der Waals surface area contributed by atoms with Crippen molar-refractivity contribution in [3.8, 4) is 5.69 Å². The number of aryl methyl sites for hydroxylation is 1. The van der Waals surface area contributed by atoms with Crippen LogP contribution in [0, 0.1) is 20.8 Å². The van der Waals surface area contributed by atoms with Crippen molar-refractivity contribution in [3.05, 3.63) is 45.2 Å². The quantitative estimate of drug-likeness (QED) is 0.796. The summed E-state index contributed by atoms with van der Waals surface area (Å²) < 4.78 is 2.68. The van der Waals surface area contributed by atoms with Gasteiger partial charge in [-0.1, -0.05) is 0 Å². The lowest BCUT2D eigenvalue weighted by atomic mass is 10.2. The van der Waals surface area contributed by atoms with Crippen LogP contribution in [0.4, 0.5) is 0 Å². The number of halogens is 1. The second kappa shape index (κ2) is 4.45. The third-order valence-electron chi connectivity index (χ3n) is 3.01. The Kier molecular flexibility index (Phi) is 3.15. The largest absolute Gasteiger partial charge is 0.298 e. The van der Waals surface area contributed by atoms with E-state index in [1.54, 1.807) is 6.07 Å². The van der Waals surface area contributed by atoms with Gasteiger partial charge in [-0.15, -0.1) is 0 Å². The van der Waals surface area contributed by atoms with Crippen molar-refractivity contribution in [2.45, 2.75) is 20.8 Å². The summed E-state index contributed by atoms with van der Waals surface area (Å²) in [4.78, 5) is 10.7. The predicted molar refractivity (Wildman–Crippen MR) is 70.9 cm³/mol. The Morgan fingerprint density at radius 2 is 2.00 bits per heavy atom. The first-order chi connectivity index (χ1) is 8.04. The van der Waals surface area contributed by atoms with Crippen LogP contribution in [0.2, 0.25) is 0 Å². The highest BCUT2D eigenvalue weighted by molar-refractivity contribution is 9.10. The maximum absolute atomic E-state index is 10.7. The molecule has 0 unspecified atom stereocenters. The lowest BCUT2D eigenvalue weighted by Crippen LogP contribution is -2.00. The average Bonchev–Trinajstić information content (AvgIpc) is 2.57. The van der Waals surface area contributed by atoms with E-state index in [0.717, 1.165) is 27.8 Å². The first-order valence-electron chi connectivity index (χ1n) is 5.32. The molecule has 1 heterocycles. The summed E-state index contributed by atoms with van der Waals surface area (Å²) in [6.45, 7) is 6.09. The van der Waals surface area contributed by atoms with Gasteiger partial charge < -0.3 is 0 Å². The van der Waals surface area contributed by atoms with Crippen molar-refractivity contribution in [3.63, 3.8) is 0 Å². The Balaban J connectivity index is 2.57. The zero-order valence-electron chi connectivity index (χ0n) is 9.99. The third-order valence-corrected chi connectivity index (χ3v) is 3.70. The van der Waals surface area contributed by atoms with Crippen molar-refractivity contribution in [2.75, 3.05) is 0 Å². The molecule has 2 rings (SSSR count). The number of nitrogens with zero attached hydrogens (tertiary/aromatic N) is 2. The Morgan fingerprint density at radius 1 is 1.29 bits per heavy atom. The highest BCUT2D eigenvalue weighted by Gasteiger charge is 2.10. The molecule has 2 aromatic rings. The fraction of sp³-hybridized carbons (Fsp3) is 0.231. The Hall–Kier alpha value is -1.42. The van der Waals surface area contributed by atoms with E-state index >= 15 is 0 Å². The van der Waals surface area contributed by atoms with Crippen LogP contribution in [0.3, 0.4) is 0 Å². The summed E-state index contributed by atoms with van der Waals surface area (Å²) in [6.07, 6.45) is 0.834. The zero-order valence-corrected chi connectivity index (χ0v) is 11.6. The van der Waals surface area contributed by atoms with E-state index in [0.29, 0.717) is 5.56 Å². The molecule has 17 heavy (non-hydrogen) atoms. The minimum absolute atomic E-state index is 0.645. The molecular weight excluding hydrogens is 280 g/mol. The van der Waals surface area contributed by atoms with E-state index in [2.05, 4.69) is 28.0 Å². The predicted octanol–water partition coefficient (Wildman–Crippen LogP) is 3.37. The second-order valence-electron chi connectivity index (χ2n) is 4.03. The summed E-state index contributed by atoms with van der Waals surface area (Å²) in [5.74, 6) is 0. The van der Waals surface area contributed by atoms with Gasteiger partial charge in [-0.05, 0) is 60.5 Å². The van der Waals surface area contributed by atoms with Crippen molar-refractivity contribution < 1.29 is 4.79 Å². The molecule has 0 fully saturated rings. The van der Waals surface area contributed by atoms with Crippen molar-refractivity contribution in [1.29, 1.82) is 0 Å². The van der Waals surface area contributed by atoms with Gasteiger partial charge in [-0.25, -0.2) is 4.68 Å². The van der Waals surface area contributed by atoms with Gasteiger partial charge in [-0.2, -0.15) is 5.10 Å². The first-order valence-corrected chi connectivity index (χ1v) is 6.12. The van der Waals surface area contributed by atoms with E-state index in [9.17, 15) is 4.79 Å². The molecule has 0 saturated carbocycles. The van der Waals surface area contributed by atoms with E-state index in [1.807, 2.05) is 30.7 Å². The van der Waals surface area contributed by atoms with Crippen LogP contribution in [-0.4, -0.2) is 16.1 Å². The molecule has 3 nitrogen and oxygen atoms in total. The van der Waals surface area contributed by atoms with E-state index in [-0.39, 0.29) is 0 Å². The summed E-state index contributed by atoms with van der Waals surface area (Å²) in [6, 6.07) is 5.59. The van der Waals surface area contributed by atoms with Crippen LogP contribution in [-0.2, 0) is 0 Å². The molecule has 0 aliphatic carbocycles. The number of aldehydes is 1. The summed E-state index contributed by atoms with van der Waals surface area (Å²) in [7, 11) is 0. The molecule has 0 radical (unpaired) electrons. The first kappa shape index (κ1) is 12.0. The van der Waals surface area contributed by atoms with Crippen LogP contribution in [0.15, 0.2) is 22.7 Å². The third kappa shape index (κ3) is 2.05. The Labute approximate surface area is 109 Å². The Bertz CT molecular complexity index is 587. The normalized spacial score (nSPS) is 10.6. The number of hydrogen-bond acceptors (Lipinski definition) is 2. The van der Waals surface area contributed by atoms with Gasteiger partial charge in [0.15, 0.2) is 6.29 Å². The lowest BCUT2D eigenvalue weighted by Gasteiger charge is -2.06. The summed E-state index contributed by atoms with van der Waals surface area (Å²) >= 11 is 3.38. The highest BCUT2D eigenvalue weighted by Crippen LogP contribution is 2.22. The molecule has 88 valence electrons. The molecule has 1 aromatic carbocycles. The van der Waals surface area contributed by atoms with Crippen LogP contribution in [0.1, 0.15) is 27.3 Å². The smallest absolute Gasteiger partial charge is 0.151 e. The SMILES string of the molecule is Cc1nn(-c2ccc(C=O)c(Br)c2)c(C)c1C. The number of benzene rings is 1. The molecule has 0 aliphatic rings. The van der Waals surface area contributed by atoms with Crippen LogP contribution in [0.25, 0.3) is 5.69 Å². The molecule has 0 atom stereocenters. The molecule has 0 amide bonds.